The Bertz CT molecular complexity index is 1020. The summed E-state index contributed by atoms with van der Waals surface area (Å²) in [6.07, 6.45) is 5.34. The molecule has 1 amide bonds. The normalized spacial score (nSPS) is 11.0. The third kappa shape index (κ3) is 4.67. The van der Waals surface area contributed by atoms with E-state index in [4.69, 9.17) is 18.0 Å². The van der Waals surface area contributed by atoms with E-state index in [1.807, 2.05) is 0 Å². The van der Waals surface area contributed by atoms with Crippen LogP contribution in [-0.2, 0) is 11.2 Å². The Balaban J connectivity index is 2.28. The summed E-state index contributed by atoms with van der Waals surface area (Å²) in [7, 11) is 0. The first-order valence-electron chi connectivity index (χ1n) is 8.38. The molecule has 4 nitrogen and oxygen atoms in total. The fourth-order valence-electron chi connectivity index (χ4n) is 2.68. The standard InChI is InChI=1S/C21H19ClFNO3S/c1-6-21(4,5)24-20(27)18(26)19-11(2)17(12(3)28-19)16(25)10-13-7-8-15(23)14(22)9-13/h1,7-9H,10H2,2-5H3,(H,24,27). The number of aryl methyl sites for hydroxylation is 1. The lowest BCUT2D eigenvalue weighted by molar-refractivity contribution is -0.117. The van der Waals surface area contributed by atoms with Gasteiger partial charge in [0.1, 0.15) is 5.82 Å². The molecular weight excluding hydrogens is 401 g/mol. The Kier molecular flexibility index (Phi) is 6.43. The highest BCUT2D eigenvalue weighted by Crippen LogP contribution is 2.29. The highest BCUT2D eigenvalue weighted by Gasteiger charge is 2.29. The Morgan fingerprint density at radius 1 is 1.29 bits per heavy atom. The molecule has 0 saturated heterocycles. The third-order valence-electron chi connectivity index (χ3n) is 4.15. The lowest BCUT2D eigenvalue weighted by Crippen LogP contribution is -2.45. The van der Waals surface area contributed by atoms with Crippen molar-refractivity contribution in [2.75, 3.05) is 0 Å². The van der Waals surface area contributed by atoms with E-state index in [9.17, 15) is 18.8 Å². The lowest BCUT2D eigenvalue weighted by atomic mass is 9.98. The van der Waals surface area contributed by atoms with Crippen molar-refractivity contribution in [1.82, 2.24) is 5.32 Å². The SMILES string of the molecule is C#CC(C)(C)NC(=O)C(=O)c1sc(C)c(C(=O)Cc2ccc(F)c(Cl)c2)c1C. The zero-order valence-corrected chi connectivity index (χ0v) is 17.5. The Labute approximate surface area is 172 Å². The van der Waals surface area contributed by atoms with Gasteiger partial charge in [-0.2, -0.15) is 0 Å². The molecule has 0 aliphatic heterocycles. The van der Waals surface area contributed by atoms with Gasteiger partial charge in [-0.25, -0.2) is 4.39 Å². The maximum Gasteiger partial charge on any atom is 0.294 e. The molecule has 0 aliphatic rings. The zero-order valence-electron chi connectivity index (χ0n) is 15.9. The number of hydrogen-bond acceptors (Lipinski definition) is 4. The summed E-state index contributed by atoms with van der Waals surface area (Å²) in [5, 5.41) is 2.43. The van der Waals surface area contributed by atoms with Crippen LogP contribution in [0.3, 0.4) is 0 Å². The van der Waals surface area contributed by atoms with E-state index in [0.717, 1.165) is 11.3 Å². The number of amides is 1. The van der Waals surface area contributed by atoms with Crippen molar-refractivity contribution in [2.45, 2.75) is 39.7 Å². The smallest absolute Gasteiger partial charge is 0.294 e. The number of terminal acetylenes is 1. The molecule has 0 bridgehead atoms. The van der Waals surface area contributed by atoms with Gasteiger partial charge >= 0.3 is 0 Å². The molecule has 1 aromatic carbocycles. The summed E-state index contributed by atoms with van der Waals surface area (Å²) in [5.41, 5.74) is 0.424. The zero-order chi connectivity index (χ0) is 21.2. The van der Waals surface area contributed by atoms with Crippen molar-refractivity contribution in [3.8, 4) is 12.3 Å². The second-order valence-corrected chi connectivity index (χ2v) is 8.52. The molecule has 0 radical (unpaired) electrons. The second kappa shape index (κ2) is 8.26. The summed E-state index contributed by atoms with van der Waals surface area (Å²) >= 11 is 6.85. The van der Waals surface area contributed by atoms with Gasteiger partial charge in [0.2, 0.25) is 0 Å². The molecule has 7 heteroatoms. The van der Waals surface area contributed by atoms with Gasteiger partial charge in [0, 0.05) is 16.9 Å². The van der Waals surface area contributed by atoms with Crippen LogP contribution in [0.1, 0.15) is 49.9 Å². The van der Waals surface area contributed by atoms with Gasteiger partial charge in [0.05, 0.1) is 15.4 Å². The van der Waals surface area contributed by atoms with E-state index >= 15 is 0 Å². The van der Waals surface area contributed by atoms with E-state index in [1.165, 1.54) is 18.2 Å². The quantitative estimate of drug-likeness (QED) is 0.431. The average Bonchev–Trinajstić information content (AvgIpc) is 2.91. The summed E-state index contributed by atoms with van der Waals surface area (Å²) in [5.74, 6) is 0.0315. The minimum absolute atomic E-state index is 0.00235. The predicted molar refractivity (Wildman–Crippen MR) is 109 cm³/mol. The van der Waals surface area contributed by atoms with Gasteiger partial charge in [0.25, 0.3) is 11.7 Å². The average molecular weight is 420 g/mol. The van der Waals surface area contributed by atoms with Gasteiger partial charge in [-0.3, -0.25) is 14.4 Å². The van der Waals surface area contributed by atoms with Gasteiger partial charge < -0.3 is 5.32 Å². The monoisotopic (exact) mass is 419 g/mol. The molecule has 0 spiro atoms. The molecule has 0 fully saturated rings. The number of benzene rings is 1. The third-order valence-corrected chi connectivity index (χ3v) is 5.65. The lowest BCUT2D eigenvalue weighted by Gasteiger charge is -2.18. The molecule has 0 unspecified atom stereocenters. The minimum Gasteiger partial charge on any atom is -0.333 e. The number of rotatable bonds is 6. The fourth-order valence-corrected chi connectivity index (χ4v) is 4.00. The first-order valence-corrected chi connectivity index (χ1v) is 9.58. The molecule has 1 N–H and O–H groups in total. The van der Waals surface area contributed by atoms with Crippen LogP contribution in [-0.4, -0.2) is 23.0 Å². The minimum atomic E-state index is -0.965. The maximum absolute atomic E-state index is 13.3. The molecule has 0 aliphatic carbocycles. The number of nitrogens with one attached hydrogen (secondary N) is 1. The number of Topliss-reactive ketones (excluding diaryl/α,β-unsaturated/α-hetero) is 2. The van der Waals surface area contributed by atoms with E-state index in [-0.39, 0.29) is 22.1 Å². The van der Waals surface area contributed by atoms with Crippen LogP contribution < -0.4 is 5.32 Å². The van der Waals surface area contributed by atoms with E-state index in [2.05, 4.69) is 11.2 Å². The second-order valence-electron chi connectivity index (χ2n) is 6.89. The molecule has 2 aromatic rings. The van der Waals surface area contributed by atoms with E-state index in [0.29, 0.717) is 21.6 Å². The Morgan fingerprint density at radius 2 is 1.93 bits per heavy atom. The number of carbonyl (C=O) groups is 3. The number of carbonyl (C=O) groups excluding carboxylic acids is 3. The van der Waals surface area contributed by atoms with Crippen molar-refractivity contribution in [3.05, 3.63) is 55.5 Å². The molecule has 0 atom stereocenters. The topological polar surface area (TPSA) is 63.2 Å². The molecular formula is C21H19ClFNO3S. The van der Waals surface area contributed by atoms with Gasteiger partial charge in [-0.05, 0) is 51.0 Å². The molecule has 1 heterocycles. The van der Waals surface area contributed by atoms with Gasteiger partial charge in [0.15, 0.2) is 5.78 Å². The van der Waals surface area contributed by atoms with Crippen LogP contribution >= 0.6 is 22.9 Å². The van der Waals surface area contributed by atoms with E-state index in [1.54, 1.807) is 27.7 Å². The van der Waals surface area contributed by atoms with E-state index < -0.39 is 23.0 Å². The molecule has 0 saturated carbocycles. The molecule has 28 heavy (non-hydrogen) atoms. The highest BCUT2D eigenvalue weighted by molar-refractivity contribution is 7.15. The Morgan fingerprint density at radius 3 is 2.50 bits per heavy atom. The number of hydrogen-bond donors (Lipinski definition) is 1. The van der Waals surface area contributed by atoms with Crippen molar-refractivity contribution in [2.24, 2.45) is 0 Å². The fraction of sp³-hybridized carbons (Fsp3) is 0.286. The summed E-state index contributed by atoms with van der Waals surface area (Å²) < 4.78 is 13.3. The number of halogens is 2. The molecule has 1 aromatic heterocycles. The van der Waals surface area contributed by atoms with Gasteiger partial charge in [-0.1, -0.05) is 23.6 Å². The van der Waals surface area contributed by atoms with Gasteiger partial charge in [-0.15, -0.1) is 17.8 Å². The van der Waals surface area contributed by atoms with Crippen LogP contribution in [0.5, 0.6) is 0 Å². The first kappa shape index (κ1) is 21.8. The highest BCUT2D eigenvalue weighted by atomic mass is 35.5. The van der Waals surface area contributed by atoms with Crippen LogP contribution in [0.2, 0.25) is 5.02 Å². The van der Waals surface area contributed by atoms with Crippen LogP contribution in [0.15, 0.2) is 18.2 Å². The number of ketones is 2. The van der Waals surface area contributed by atoms with Crippen LogP contribution in [0, 0.1) is 32.0 Å². The van der Waals surface area contributed by atoms with Crippen molar-refractivity contribution < 1.29 is 18.8 Å². The van der Waals surface area contributed by atoms with Crippen LogP contribution in [0.4, 0.5) is 4.39 Å². The maximum atomic E-state index is 13.3. The summed E-state index contributed by atoms with van der Waals surface area (Å²) in [6.45, 7) is 6.55. The van der Waals surface area contributed by atoms with Crippen molar-refractivity contribution in [3.63, 3.8) is 0 Å². The summed E-state index contributed by atoms with van der Waals surface area (Å²) in [4.78, 5) is 38.4. The van der Waals surface area contributed by atoms with Crippen LogP contribution in [0.25, 0.3) is 0 Å². The number of thiophene rings is 1. The predicted octanol–water partition coefficient (Wildman–Crippen LogP) is 4.29. The van der Waals surface area contributed by atoms with Crippen molar-refractivity contribution in [1.29, 1.82) is 0 Å². The largest absolute Gasteiger partial charge is 0.333 e. The molecule has 2 rings (SSSR count). The van der Waals surface area contributed by atoms with Crippen molar-refractivity contribution >= 4 is 40.4 Å². The molecule has 146 valence electrons. The summed E-state index contributed by atoms with van der Waals surface area (Å²) in [6, 6.07) is 4.08. The Hall–Kier alpha value is -2.49. The first-order chi connectivity index (χ1) is 13.0.